The molecule has 1 aromatic carbocycles. The number of carbonyl (C=O) groups is 1. The van der Waals surface area contributed by atoms with Gasteiger partial charge in [0.05, 0.1) is 6.42 Å². The van der Waals surface area contributed by atoms with Crippen molar-refractivity contribution in [2.75, 3.05) is 13.1 Å². The number of H-pyrrole nitrogens is 1. The summed E-state index contributed by atoms with van der Waals surface area (Å²) in [6.07, 6.45) is 2.21. The van der Waals surface area contributed by atoms with Crippen LogP contribution in [0.3, 0.4) is 0 Å². The number of oxazole rings is 1. The van der Waals surface area contributed by atoms with Gasteiger partial charge in [0, 0.05) is 29.6 Å². The molecule has 0 unspecified atom stereocenters. The summed E-state index contributed by atoms with van der Waals surface area (Å²) in [6.45, 7) is 3.46. The molecular weight excluding hydrogens is 354 g/mol. The maximum absolute atomic E-state index is 12.6. The first-order valence-electron chi connectivity index (χ1n) is 8.42. The second-order valence-electron chi connectivity index (χ2n) is 6.41. The van der Waals surface area contributed by atoms with E-state index in [0.29, 0.717) is 6.42 Å². The first-order valence-corrected chi connectivity index (χ1v) is 9.64. The molecule has 1 fully saturated rings. The number of para-hydroxylation sites is 2. The highest BCUT2D eigenvalue weighted by atomic mass is 32.1. The zero-order chi connectivity index (χ0) is 17.4. The average Bonchev–Trinajstić information content (AvgIpc) is 3.18. The van der Waals surface area contributed by atoms with Crippen LogP contribution in [0.15, 0.2) is 28.7 Å². The van der Waals surface area contributed by atoms with Gasteiger partial charge in [-0.05, 0) is 44.1 Å². The Hall–Kier alpha value is -1.99. The van der Waals surface area contributed by atoms with Crippen LogP contribution in [0.25, 0.3) is 11.1 Å². The molecule has 0 bridgehead atoms. The summed E-state index contributed by atoms with van der Waals surface area (Å²) >= 11 is 6.64. The fourth-order valence-corrected chi connectivity index (χ4v) is 4.58. The first-order chi connectivity index (χ1) is 12.1. The number of likely N-dealkylation sites (tertiary alicyclic amines) is 1. The third-order valence-electron chi connectivity index (χ3n) is 4.74. The maximum Gasteiger partial charge on any atom is 0.227 e. The molecule has 5 nitrogen and oxygen atoms in total. The van der Waals surface area contributed by atoms with E-state index in [2.05, 4.69) is 9.97 Å². The molecule has 4 rings (SSSR count). The lowest BCUT2D eigenvalue weighted by molar-refractivity contribution is -0.131. The molecule has 1 amide bonds. The normalized spacial score (nSPS) is 15.8. The van der Waals surface area contributed by atoms with Crippen LogP contribution in [-0.2, 0) is 11.2 Å². The quantitative estimate of drug-likeness (QED) is 0.699. The Morgan fingerprint density at radius 2 is 2.16 bits per heavy atom. The summed E-state index contributed by atoms with van der Waals surface area (Å²) in [6, 6.07) is 7.83. The molecule has 1 saturated heterocycles. The lowest BCUT2D eigenvalue weighted by atomic mass is 9.96. The van der Waals surface area contributed by atoms with Gasteiger partial charge >= 0.3 is 0 Å². The summed E-state index contributed by atoms with van der Waals surface area (Å²) < 4.78 is 6.62. The highest BCUT2D eigenvalue weighted by Crippen LogP contribution is 2.30. The highest BCUT2D eigenvalue weighted by Gasteiger charge is 2.27. The van der Waals surface area contributed by atoms with Crippen LogP contribution >= 0.6 is 23.6 Å². The third kappa shape index (κ3) is 3.39. The number of hydrogen-bond acceptors (Lipinski definition) is 5. The number of carbonyl (C=O) groups excluding carboxylic acids is 1. The van der Waals surface area contributed by atoms with E-state index in [1.165, 1.54) is 11.3 Å². The highest BCUT2D eigenvalue weighted by molar-refractivity contribution is 7.73. The van der Waals surface area contributed by atoms with Crippen LogP contribution in [0, 0.1) is 10.9 Å². The van der Waals surface area contributed by atoms with Gasteiger partial charge in [-0.15, -0.1) is 11.3 Å². The molecule has 0 radical (unpaired) electrons. The van der Waals surface area contributed by atoms with Crippen molar-refractivity contribution in [1.29, 1.82) is 0 Å². The third-order valence-corrected chi connectivity index (χ3v) is 6.08. The van der Waals surface area contributed by atoms with Gasteiger partial charge in [-0.3, -0.25) is 4.79 Å². The number of rotatable bonds is 3. The average molecular weight is 374 g/mol. The van der Waals surface area contributed by atoms with Crippen molar-refractivity contribution in [3.05, 3.63) is 44.7 Å². The van der Waals surface area contributed by atoms with Crippen molar-refractivity contribution < 1.29 is 9.21 Å². The van der Waals surface area contributed by atoms with Gasteiger partial charge in [0.15, 0.2) is 15.4 Å². The number of benzene rings is 1. The second-order valence-corrected chi connectivity index (χ2v) is 8.19. The molecule has 3 aromatic rings. The molecule has 1 aliphatic heterocycles. The number of hydrogen-bond donors (Lipinski definition) is 1. The Morgan fingerprint density at radius 3 is 2.84 bits per heavy atom. The van der Waals surface area contributed by atoms with E-state index in [9.17, 15) is 4.79 Å². The number of piperidine rings is 1. The predicted octanol–water partition coefficient (Wildman–Crippen LogP) is 4.20. The van der Waals surface area contributed by atoms with E-state index in [1.54, 1.807) is 0 Å². The lowest BCUT2D eigenvalue weighted by Crippen LogP contribution is -2.38. The van der Waals surface area contributed by atoms with Gasteiger partial charge in [0.1, 0.15) is 5.52 Å². The van der Waals surface area contributed by atoms with E-state index in [0.717, 1.165) is 57.4 Å². The number of thiazole rings is 1. The van der Waals surface area contributed by atoms with E-state index in [-0.39, 0.29) is 11.8 Å². The molecule has 1 N–H and O–H groups in total. The Balaban J connectivity index is 1.40. The molecule has 1 aliphatic rings. The Kier molecular flexibility index (Phi) is 4.43. The minimum absolute atomic E-state index is 0.171. The molecule has 3 heterocycles. The summed E-state index contributed by atoms with van der Waals surface area (Å²) in [5, 5.41) is 0. The Bertz CT molecular complexity index is 931. The second kappa shape index (κ2) is 6.72. The van der Waals surface area contributed by atoms with Crippen molar-refractivity contribution in [2.45, 2.75) is 32.1 Å². The van der Waals surface area contributed by atoms with Gasteiger partial charge in [0.2, 0.25) is 5.91 Å². The number of aromatic amines is 1. The smallest absolute Gasteiger partial charge is 0.227 e. The molecular formula is C18H19N3O2S2. The van der Waals surface area contributed by atoms with Gasteiger partial charge in [-0.2, -0.15) is 0 Å². The molecule has 2 aromatic heterocycles. The van der Waals surface area contributed by atoms with Gasteiger partial charge in [-0.1, -0.05) is 12.1 Å². The van der Waals surface area contributed by atoms with Crippen LogP contribution in [0.4, 0.5) is 0 Å². The van der Waals surface area contributed by atoms with Crippen molar-refractivity contribution in [1.82, 2.24) is 14.9 Å². The predicted molar refractivity (Wildman–Crippen MR) is 101 cm³/mol. The number of fused-ring (bicyclic) bond motifs is 1. The topological polar surface area (TPSA) is 62.1 Å². The monoisotopic (exact) mass is 373 g/mol. The standard InChI is InChI=1S/C18H19N3O2S2/c1-11-15(25-18(24)19-11)10-16(22)21-8-6-12(7-9-21)17-20-13-4-2-3-5-14(13)23-17/h2-5,12H,6-10H2,1H3,(H,19,24). The fourth-order valence-electron chi connectivity index (χ4n) is 3.30. The molecule has 0 spiro atoms. The molecule has 0 saturated carbocycles. The van der Waals surface area contributed by atoms with Crippen molar-refractivity contribution >= 4 is 40.6 Å². The van der Waals surface area contributed by atoms with Crippen molar-refractivity contribution in [3.8, 4) is 0 Å². The molecule has 0 aliphatic carbocycles. The number of amides is 1. The lowest BCUT2D eigenvalue weighted by Gasteiger charge is -2.30. The van der Waals surface area contributed by atoms with E-state index >= 15 is 0 Å². The van der Waals surface area contributed by atoms with Gasteiger partial charge in [0.25, 0.3) is 0 Å². The van der Waals surface area contributed by atoms with Gasteiger partial charge in [-0.25, -0.2) is 4.98 Å². The van der Waals surface area contributed by atoms with Crippen LogP contribution < -0.4 is 0 Å². The summed E-state index contributed by atoms with van der Waals surface area (Å²) in [4.78, 5) is 23.2. The number of nitrogens with one attached hydrogen (secondary N) is 1. The van der Waals surface area contributed by atoms with Crippen LogP contribution in [0.2, 0.25) is 0 Å². The number of aryl methyl sites for hydroxylation is 1. The minimum Gasteiger partial charge on any atom is -0.440 e. The molecule has 130 valence electrons. The largest absolute Gasteiger partial charge is 0.440 e. The maximum atomic E-state index is 12.6. The van der Waals surface area contributed by atoms with Crippen molar-refractivity contribution in [2.24, 2.45) is 0 Å². The Morgan fingerprint density at radius 1 is 1.40 bits per heavy atom. The zero-order valence-corrected chi connectivity index (χ0v) is 15.6. The zero-order valence-electron chi connectivity index (χ0n) is 13.9. The first kappa shape index (κ1) is 16.5. The minimum atomic E-state index is 0.171. The fraction of sp³-hybridized carbons (Fsp3) is 0.389. The SMILES string of the molecule is Cc1[nH]c(=S)sc1CC(=O)N1CCC(c2nc3ccccc3o2)CC1. The summed E-state index contributed by atoms with van der Waals surface area (Å²) in [7, 11) is 0. The molecule has 0 atom stereocenters. The van der Waals surface area contributed by atoms with E-state index in [1.807, 2.05) is 36.1 Å². The van der Waals surface area contributed by atoms with Crippen LogP contribution in [0.1, 0.15) is 35.2 Å². The van der Waals surface area contributed by atoms with Crippen molar-refractivity contribution in [3.63, 3.8) is 0 Å². The van der Waals surface area contributed by atoms with Gasteiger partial charge < -0.3 is 14.3 Å². The Labute approximate surface area is 154 Å². The van der Waals surface area contributed by atoms with Crippen LogP contribution in [0.5, 0.6) is 0 Å². The summed E-state index contributed by atoms with van der Waals surface area (Å²) in [5.41, 5.74) is 2.74. The summed E-state index contributed by atoms with van der Waals surface area (Å²) in [5.74, 6) is 1.25. The molecule has 25 heavy (non-hydrogen) atoms. The number of nitrogens with zero attached hydrogens (tertiary/aromatic N) is 2. The van der Waals surface area contributed by atoms with E-state index < -0.39 is 0 Å². The molecule has 7 heteroatoms. The number of aromatic nitrogens is 2. The van der Waals surface area contributed by atoms with E-state index in [4.69, 9.17) is 16.6 Å². The van der Waals surface area contributed by atoms with Crippen LogP contribution in [-0.4, -0.2) is 33.9 Å².